The second-order valence-corrected chi connectivity index (χ2v) is 2.59. The second kappa shape index (κ2) is 4.60. The van der Waals surface area contributed by atoms with E-state index in [-0.39, 0.29) is 6.29 Å². The monoisotopic (exact) mass is 235 g/mol. The number of carbonyl (C=O) groups excluding carboxylic acids is 1. The fraction of sp³-hybridized carbons (Fsp3) is 0.125. The molecule has 1 aromatic carbocycles. The number of alkyl halides is 2. The van der Waals surface area contributed by atoms with Crippen LogP contribution in [0, 0.1) is 15.9 Å². The van der Waals surface area contributed by atoms with Crippen LogP contribution in [-0.4, -0.2) is 17.8 Å². The van der Waals surface area contributed by atoms with E-state index in [1.54, 1.807) is 0 Å². The third-order valence-electron chi connectivity index (χ3n) is 1.62. The number of nitrogens with zero attached hydrogens (tertiary/aromatic N) is 1. The van der Waals surface area contributed by atoms with E-state index in [0.717, 1.165) is 0 Å². The van der Waals surface area contributed by atoms with Gasteiger partial charge in [-0.3, -0.25) is 14.9 Å². The summed E-state index contributed by atoms with van der Waals surface area (Å²) >= 11 is 0. The van der Waals surface area contributed by atoms with Gasteiger partial charge in [0.15, 0.2) is 6.29 Å². The maximum Gasteiger partial charge on any atom is 0.387 e. The van der Waals surface area contributed by atoms with E-state index < -0.39 is 34.4 Å². The molecule has 0 aliphatic carbocycles. The van der Waals surface area contributed by atoms with Gasteiger partial charge in [0.1, 0.15) is 5.82 Å². The number of carbonyl (C=O) groups is 1. The highest BCUT2D eigenvalue weighted by atomic mass is 19.3. The van der Waals surface area contributed by atoms with Crippen LogP contribution in [-0.2, 0) is 0 Å². The molecule has 0 N–H and O–H groups in total. The van der Waals surface area contributed by atoms with E-state index >= 15 is 0 Å². The number of hydrogen-bond acceptors (Lipinski definition) is 4. The molecule has 0 unspecified atom stereocenters. The quantitative estimate of drug-likeness (QED) is 0.455. The largest absolute Gasteiger partial charge is 0.427 e. The molecule has 16 heavy (non-hydrogen) atoms. The van der Waals surface area contributed by atoms with E-state index in [1.165, 1.54) is 0 Å². The summed E-state index contributed by atoms with van der Waals surface area (Å²) in [5.74, 6) is -2.10. The number of rotatable bonds is 4. The van der Waals surface area contributed by atoms with Gasteiger partial charge in [0.25, 0.3) is 0 Å². The Labute approximate surface area is 86.6 Å². The van der Waals surface area contributed by atoms with Gasteiger partial charge in [-0.15, -0.1) is 0 Å². The zero-order valence-electron chi connectivity index (χ0n) is 7.52. The summed E-state index contributed by atoms with van der Waals surface area (Å²) in [5.41, 5.74) is -1.50. The number of hydrogen-bond donors (Lipinski definition) is 0. The van der Waals surface area contributed by atoms with Gasteiger partial charge in [-0.1, -0.05) is 0 Å². The Morgan fingerprint density at radius 3 is 2.50 bits per heavy atom. The number of halogens is 3. The summed E-state index contributed by atoms with van der Waals surface area (Å²) in [7, 11) is 0. The van der Waals surface area contributed by atoms with Gasteiger partial charge in [-0.05, 0) is 0 Å². The first-order valence-electron chi connectivity index (χ1n) is 3.83. The van der Waals surface area contributed by atoms with Crippen molar-refractivity contribution in [3.8, 4) is 5.75 Å². The van der Waals surface area contributed by atoms with Crippen molar-refractivity contribution in [2.24, 2.45) is 0 Å². The average Bonchev–Trinajstić information content (AvgIpc) is 2.16. The number of ether oxygens (including phenoxy) is 1. The van der Waals surface area contributed by atoms with Crippen molar-refractivity contribution in [2.45, 2.75) is 6.61 Å². The summed E-state index contributed by atoms with van der Waals surface area (Å²) in [4.78, 5) is 19.7. The Morgan fingerprint density at radius 2 is 2.06 bits per heavy atom. The molecule has 0 amide bonds. The van der Waals surface area contributed by atoms with E-state index in [9.17, 15) is 28.1 Å². The van der Waals surface area contributed by atoms with Gasteiger partial charge in [-0.25, -0.2) is 4.39 Å². The predicted molar refractivity (Wildman–Crippen MR) is 45.1 cm³/mol. The molecule has 5 nitrogen and oxygen atoms in total. The lowest BCUT2D eigenvalue weighted by atomic mass is 10.2. The van der Waals surface area contributed by atoms with Crippen molar-refractivity contribution in [3.05, 3.63) is 33.6 Å². The highest BCUT2D eigenvalue weighted by molar-refractivity contribution is 5.77. The fourth-order valence-corrected chi connectivity index (χ4v) is 0.983. The molecule has 1 aromatic rings. The summed E-state index contributed by atoms with van der Waals surface area (Å²) in [5, 5.41) is 10.4. The normalized spacial score (nSPS) is 10.2. The topological polar surface area (TPSA) is 69.4 Å². The minimum atomic E-state index is -3.32. The van der Waals surface area contributed by atoms with Gasteiger partial charge >= 0.3 is 12.3 Å². The first-order valence-corrected chi connectivity index (χ1v) is 3.83. The standard InChI is InChI=1S/C8H4F3NO4/c9-5-2-7(16-8(10)11)6(12(14)15)1-4(5)3-13/h1-3,8H. The summed E-state index contributed by atoms with van der Waals surface area (Å²) in [6.45, 7) is -3.32. The van der Waals surface area contributed by atoms with Gasteiger partial charge in [-0.2, -0.15) is 8.78 Å². The van der Waals surface area contributed by atoms with Crippen molar-refractivity contribution < 1.29 is 27.6 Å². The highest BCUT2D eigenvalue weighted by Gasteiger charge is 2.22. The first-order chi connectivity index (χ1) is 7.45. The molecule has 0 saturated carbocycles. The molecule has 1 rings (SSSR count). The lowest BCUT2D eigenvalue weighted by Crippen LogP contribution is -2.06. The van der Waals surface area contributed by atoms with Crippen LogP contribution >= 0.6 is 0 Å². The molecule has 0 atom stereocenters. The minimum Gasteiger partial charge on any atom is -0.427 e. The molecule has 0 saturated heterocycles. The van der Waals surface area contributed by atoms with Crippen molar-refractivity contribution in [1.82, 2.24) is 0 Å². The van der Waals surface area contributed by atoms with Gasteiger partial charge in [0, 0.05) is 12.1 Å². The minimum absolute atomic E-state index is 0.0362. The molecule has 0 bridgehead atoms. The smallest absolute Gasteiger partial charge is 0.387 e. The van der Waals surface area contributed by atoms with Crippen LogP contribution in [0.4, 0.5) is 18.9 Å². The van der Waals surface area contributed by atoms with E-state index in [4.69, 9.17) is 0 Å². The predicted octanol–water partition coefficient (Wildman–Crippen LogP) is 2.15. The second-order valence-electron chi connectivity index (χ2n) is 2.59. The Hall–Kier alpha value is -2.12. The molecule has 0 aliphatic rings. The third kappa shape index (κ3) is 2.47. The first kappa shape index (κ1) is 12.0. The van der Waals surface area contributed by atoms with Crippen molar-refractivity contribution in [1.29, 1.82) is 0 Å². The summed E-state index contributed by atoms with van der Waals surface area (Å²) in [6, 6.07) is 0.897. The van der Waals surface area contributed by atoms with Crippen LogP contribution in [0.1, 0.15) is 10.4 Å². The molecule has 0 fully saturated rings. The Kier molecular flexibility index (Phi) is 3.44. The van der Waals surface area contributed by atoms with Crippen molar-refractivity contribution in [2.75, 3.05) is 0 Å². The molecule has 0 spiro atoms. The van der Waals surface area contributed by atoms with Crippen LogP contribution in [0.2, 0.25) is 0 Å². The molecule has 8 heteroatoms. The third-order valence-corrected chi connectivity index (χ3v) is 1.62. The number of benzene rings is 1. The molecule has 86 valence electrons. The zero-order valence-corrected chi connectivity index (χ0v) is 7.52. The van der Waals surface area contributed by atoms with E-state index in [2.05, 4.69) is 4.74 Å². The van der Waals surface area contributed by atoms with Gasteiger partial charge in [0.2, 0.25) is 5.75 Å². The zero-order chi connectivity index (χ0) is 12.3. The van der Waals surface area contributed by atoms with E-state index in [0.29, 0.717) is 12.1 Å². The van der Waals surface area contributed by atoms with Crippen molar-refractivity contribution >= 4 is 12.0 Å². The number of nitro groups is 1. The average molecular weight is 235 g/mol. The summed E-state index contributed by atoms with van der Waals surface area (Å²) in [6.07, 6.45) is 0.0362. The SMILES string of the molecule is O=Cc1cc([N+](=O)[O-])c(OC(F)F)cc1F. The van der Waals surface area contributed by atoms with Crippen LogP contribution in [0.5, 0.6) is 5.75 Å². The Balaban J connectivity index is 3.30. The Morgan fingerprint density at radius 1 is 1.44 bits per heavy atom. The van der Waals surface area contributed by atoms with Crippen molar-refractivity contribution in [3.63, 3.8) is 0 Å². The van der Waals surface area contributed by atoms with Crippen LogP contribution in [0.25, 0.3) is 0 Å². The molecule has 0 aliphatic heterocycles. The molecule has 0 aromatic heterocycles. The van der Waals surface area contributed by atoms with Crippen LogP contribution < -0.4 is 4.74 Å². The number of nitro benzene ring substituents is 1. The van der Waals surface area contributed by atoms with Crippen LogP contribution in [0.15, 0.2) is 12.1 Å². The molecule has 0 heterocycles. The van der Waals surface area contributed by atoms with E-state index in [1.807, 2.05) is 0 Å². The lowest BCUT2D eigenvalue weighted by Gasteiger charge is -2.05. The maximum absolute atomic E-state index is 13.0. The van der Waals surface area contributed by atoms with Gasteiger partial charge < -0.3 is 4.74 Å². The molecule has 0 radical (unpaired) electrons. The number of aldehydes is 1. The van der Waals surface area contributed by atoms with Crippen LogP contribution in [0.3, 0.4) is 0 Å². The summed E-state index contributed by atoms with van der Waals surface area (Å²) < 4.78 is 40.4. The molecular weight excluding hydrogens is 231 g/mol. The maximum atomic E-state index is 13.0. The molecular formula is C8H4F3NO4. The fourth-order valence-electron chi connectivity index (χ4n) is 0.983. The van der Waals surface area contributed by atoms with Gasteiger partial charge in [0.05, 0.1) is 10.5 Å². The Bertz CT molecular complexity index is 436. The highest BCUT2D eigenvalue weighted by Crippen LogP contribution is 2.30. The lowest BCUT2D eigenvalue weighted by molar-refractivity contribution is -0.386.